The van der Waals surface area contributed by atoms with Crippen molar-refractivity contribution in [2.45, 2.75) is 56.7 Å². The number of imidazole rings is 1. The number of hydrogen-bond donors (Lipinski definition) is 0. The lowest BCUT2D eigenvalue weighted by Gasteiger charge is -2.08. The molecule has 0 N–H and O–H groups in total. The molecule has 0 aliphatic rings. The molecule has 0 unspecified atom stereocenters. The summed E-state index contributed by atoms with van der Waals surface area (Å²) < 4.78 is 20.7. The molecular weight excluding hydrogens is 540 g/mol. The number of allylic oxidation sites excluding steroid dienone is 1. The Morgan fingerprint density at radius 1 is 1.00 bits per heavy atom. The zero-order valence-electron chi connectivity index (χ0n) is 23.0. The predicted molar refractivity (Wildman–Crippen MR) is 164 cm³/mol. The summed E-state index contributed by atoms with van der Waals surface area (Å²) in [5.41, 5.74) is 4.67. The Bertz CT molecular complexity index is 1460. The molecule has 0 saturated carbocycles. The van der Waals surface area contributed by atoms with Gasteiger partial charge in [0, 0.05) is 29.1 Å². The zero-order valence-corrected chi connectivity index (χ0v) is 24.6. The molecule has 0 fully saturated rings. The van der Waals surface area contributed by atoms with Crippen LogP contribution in [0.5, 0.6) is 5.75 Å². The predicted octanol–water partition coefficient (Wildman–Crippen LogP) is 7.93. The number of carbonyl (C=O) groups excluding carboxylic acids is 1. The minimum Gasteiger partial charge on any atom is -0.494 e. The number of nitrogens with zero attached hydrogens (tertiary/aromatic N) is 2. The Morgan fingerprint density at radius 2 is 1.75 bits per heavy atom. The fourth-order valence-electron chi connectivity index (χ4n) is 4.26. The van der Waals surface area contributed by atoms with Gasteiger partial charge in [0.25, 0.3) is 0 Å². The molecule has 208 valence electrons. The fourth-order valence-corrected chi connectivity index (χ4v) is 5.55. The fraction of sp³-hybridized carbons (Fsp3) is 0.273. The van der Waals surface area contributed by atoms with Crippen LogP contribution in [-0.4, -0.2) is 26.2 Å². The van der Waals surface area contributed by atoms with Crippen molar-refractivity contribution in [2.24, 2.45) is 0 Å². The highest BCUT2D eigenvalue weighted by atomic mass is 35.5. The number of unbranched alkanes of at least 4 members (excludes halogenated alkanes) is 1. The maximum Gasteiger partial charge on any atom is 0.160 e. The Labute approximate surface area is 244 Å². The number of ketones is 1. The first-order chi connectivity index (χ1) is 19.5. The molecule has 0 radical (unpaired) electrons. The van der Waals surface area contributed by atoms with Crippen LogP contribution in [0.3, 0.4) is 0 Å². The van der Waals surface area contributed by atoms with E-state index in [1.807, 2.05) is 71.3 Å². The maximum atomic E-state index is 12.9. The van der Waals surface area contributed by atoms with Crippen LogP contribution in [0.25, 0.3) is 17.2 Å². The topological polar surface area (TPSA) is 61.2 Å². The van der Waals surface area contributed by atoms with Crippen molar-refractivity contribution < 1.29 is 13.7 Å². The summed E-state index contributed by atoms with van der Waals surface area (Å²) in [4.78, 5) is 17.6. The second-order valence-electron chi connectivity index (χ2n) is 9.65. The Balaban J connectivity index is 1.35. The molecule has 0 saturated heterocycles. The molecule has 0 bridgehead atoms. The molecule has 0 amide bonds. The largest absolute Gasteiger partial charge is 0.494 e. The van der Waals surface area contributed by atoms with E-state index in [4.69, 9.17) is 16.3 Å². The highest BCUT2D eigenvalue weighted by molar-refractivity contribution is 7.84. The molecule has 1 aromatic heterocycles. The molecule has 4 rings (SSSR count). The number of aryl methyl sites for hydroxylation is 1. The Morgan fingerprint density at radius 3 is 2.48 bits per heavy atom. The molecule has 1 heterocycles. The van der Waals surface area contributed by atoms with E-state index in [2.05, 4.69) is 18.8 Å². The number of rotatable bonds is 14. The van der Waals surface area contributed by atoms with E-state index >= 15 is 0 Å². The molecule has 40 heavy (non-hydrogen) atoms. The maximum absolute atomic E-state index is 12.9. The molecule has 3 aromatic carbocycles. The summed E-state index contributed by atoms with van der Waals surface area (Å²) in [6, 6.07) is 21.2. The second kappa shape index (κ2) is 14.8. The van der Waals surface area contributed by atoms with E-state index in [0.29, 0.717) is 10.8 Å². The summed E-state index contributed by atoms with van der Waals surface area (Å²) in [6.45, 7) is 5.82. The minimum absolute atomic E-state index is 0.0348. The van der Waals surface area contributed by atoms with Crippen molar-refractivity contribution in [1.82, 2.24) is 9.55 Å². The van der Waals surface area contributed by atoms with Crippen LogP contribution in [0.4, 0.5) is 0 Å². The van der Waals surface area contributed by atoms with Gasteiger partial charge in [0.15, 0.2) is 5.78 Å². The van der Waals surface area contributed by atoms with Gasteiger partial charge in [0.05, 0.1) is 35.2 Å². The summed E-state index contributed by atoms with van der Waals surface area (Å²) in [6.07, 6.45) is 10.3. The highest BCUT2D eigenvalue weighted by Crippen LogP contribution is 2.28. The van der Waals surface area contributed by atoms with E-state index in [1.54, 1.807) is 24.7 Å². The summed E-state index contributed by atoms with van der Waals surface area (Å²) in [5.74, 6) is 1.24. The molecule has 5 nitrogen and oxygen atoms in total. The Hall–Kier alpha value is -3.48. The summed E-state index contributed by atoms with van der Waals surface area (Å²) >= 11 is 6.43. The number of aromatic nitrogens is 2. The number of hydrogen-bond acceptors (Lipinski definition) is 4. The van der Waals surface area contributed by atoms with Gasteiger partial charge in [0.2, 0.25) is 0 Å². The molecule has 0 aliphatic carbocycles. The number of ether oxygens (including phenoxy) is 1. The van der Waals surface area contributed by atoms with Gasteiger partial charge >= 0.3 is 0 Å². The first kappa shape index (κ1) is 29.5. The first-order valence-corrected chi connectivity index (χ1v) is 15.4. The van der Waals surface area contributed by atoms with Gasteiger partial charge in [-0.1, -0.05) is 62.2 Å². The van der Waals surface area contributed by atoms with Gasteiger partial charge in [-0.05, 0) is 83.6 Å². The zero-order chi connectivity index (χ0) is 28.3. The monoisotopic (exact) mass is 574 g/mol. The van der Waals surface area contributed by atoms with Crippen molar-refractivity contribution in [3.05, 3.63) is 107 Å². The molecule has 0 aliphatic heterocycles. The quantitative estimate of drug-likeness (QED) is 0.113. The van der Waals surface area contributed by atoms with Crippen LogP contribution >= 0.6 is 11.6 Å². The van der Waals surface area contributed by atoms with E-state index < -0.39 is 10.8 Å². The third-order valence-corrected chi connectivity index (χ3v) is 8.21. The van der Waals surface area contributed by atoms with Crippen molar-refractivity contribution >= 4 is 34.3 Å². The number of carbonyl (C=O) groups is 1. The minimum atomic E-state index is -1.18. The van der Waals surface area contributed by atoms with Gasteiger partial charge in [-0.2, -0.15) is 0 Å². The van der Waals surface area contributed by atoms with Crippen LogP contribution < -0.4 is 4.74 Å². The van der Waals surface area contributed by atoms with Crippen molar-refractivity contribution in [3.8, 4) is 16.9 Å². The van der Waals surface area contributed by atoms with Crippen molar-refractivity contribution in [2.75, 3.05) is 6.61 Å². The van der Waals surface area contributed by atoms with E-state index in [-0.39, 0.29) is 12.2 Å². The SMILES string of the molecule is CCCCOc1ccc(-c2ccc(Cl)c(/C=C/C(=O)Cc3ccc([S@@](=O)Cc4cncn4CCC)cc3)c2)cc1. The van der Waals surface area contributed by atoms with Crippen LogP contribution in [0.15, 0.2) is 90.2 Å². The van der Waals surface area contributed by atoms with Crippen LogP contribution in [0.1, 0.15) is 49.9 Å². The van der Waals surface area contributed by atoms with E-state index in [0.717, 1.165) is 71.0 Å². The van der Waals surface area contributed by atoms with Crippen LogP contribution in [0, 0.1) is 0 Å². The third-order valence-electron chi connectivity index (χ3n) is 6.51. The second-order valence-corrected chi connectivity index (χ2v) is 11.5. The molecule has 4 aromatic rings. The third kappa shape index (κ3) is 8.26. The average Bonchev–Trinajstić information content (AvgIpc) is 3.40. The smallest absolute Gasteiger partial charge is 0.160 e. The average molecular weight is 575 g/mol. The van der Waals surface area contributed by atoms with Crippen molar-refractivity contribution in [3.63, 3.8) is 0 Å². The standard InChI is InChI=1S/C33H35ClN2O3S/c1-3-5-19-39-31-13-9-26(10-14-31)27-11-17-33(34)28(21-27)8-12-30(37)20-25-6-15-32(16-7-25)40(38)23-29-22-35-24-36(29)18-4-2/h6-17,21-22,24H,3-5,18-20,23H2,1-2H3/b12-8+/t40-/m0/s1. The lowest BCUT2D eigenvalue weighted by Crippen LogP contribution is -2.05. The molecular formula is C33H35ClN2O3S. The molecule has 7 heteroatoms. The van der Waals surface area contributed by atoms with Crippen LogP contribution in [0.2, 0.25) is 5.02 Å². The van der Waals surface area contributed by atoms with Gasteiger partial charge in [-0.3, -0.25) is 9.00 Å². The molecule has 0 spiro atoms. The summed E-state index contributed by atoms with van der Waals surface area (Å²) in [7, 11) is -1.18. The van der Waals surface area contributed by atoms with Gasteiger partial charge in [-0.25, -0.2) is 4.98 Å². The number of halogens is 1. The first-order valence-electron chi connectivity index (χ1n) is 13.7. The van der Waals surface area contributed by atoms with Gasteiger partial charge in [0.1, 0.15) is 5.75 Å². The van der Waals surface area contributed by atoms with Gasteiger partial charge < -0.3 is 9.30 Å². The Kier molecular flexibility index (Phi) is 10.9. The lowest BCUT2D eigenvalue weighted by atomic mass is 10.0. The van der Waals surface area contributed by atoms with E-state index in [9.17, 15) is 9.00 Å². The number of benzene rings is 3. The van der Waals surface area contributed by atoms with Crippen LogP contribution in [-0.2, 0) is 34.3 Å². The van der Waals surface area contributed by atoms with Gasteiger partial charge in [-0.15, -0.1) is 0 Å². The van der Waals surface area contributed by atoms with Crippen molar-refractivity contribution in [1.29, 1.82) is 0 Å². The normalized spacial score (nSPS) is 12.1. The van der Waals surface area contributed by atoms with E-state index in [1.165, 1.54) is 0 Å². The molecule has 1 atom stereocenters. The summed E-state index contributed by atoms with van der Waals surface area (Å²) in [5, 5.41) is 0.583. The lowest BCUT2D eigenvalue weighted by molar-refractivity contribution is -0.113. The highest BCUT2D eigenvalue weighted by Gasteiger charge is 2.10.